The van der Waals surface area contributed by atoms with E-state index in [4.69, 9.17) is 4.99 Å². The molecule has 0 aromatic heterocycles. The minimum absolute atomic E-state index is 0. The van der Waals surface area contributed by atoms with Crippen molar-refractivity contribution in [2.75, 3.05) is 26.7 Å². The number of hydrogen-bond donors (Lipinski definition) is 3. The fraction of sp³-hybridized carbons (Fsp3) is 0.417. The van der Waals surface area contributed by atoms with Gasteiger partial charge in [-0.3, -0.25) is 9.69 Å². The van der Waals surface area contributed by atoms with E-state index in [1.807, 2.05) is 24.3 Å². The third kappa shape index (κ3) is 8.14. The highest BCUT2D eigenvalue weighted by Crippen LogP contribution is 2.14. The maximum atomic E-state index is 11.7. The lowest BCUT2D eigenvalue weighted by molar-refractivity contribution is 0.0963. The largest absolute Gasteiger partial charge is 0.357 e. The number of rotatable bonds is 7. The third-order valence-electron chi connectivity index (χ3n) is 5.38. The molecule has 1 aliphatic rings. The third-order valence-corrected chi connectivity index (χ3v) is 5.38. The molecule has 168 valence electrons. The van der Waals surface area contributed by atoms with Crippen molar-refractivity contribution >= 4 is 35.8 Å². The standard InChI is InChI=1S/C24H33N5O.HI/c1-3-26-24(27-17-19-9-11-21(12-10-19)23(30)25-2)28-22-13-15-29(16-14-22)18-20-7-5-4-6-8-20;/h4-12,22H,3,13-18H2,1-2H3,(H,25,30)(H2,26,27,28);1H. The van der Waals surface area contributed by atoms with E-state index in [0.717, 1.165) is 50.5 Å². The summed E-state index contributed by atoms with van der Waals surface area (Å²) in [6.07, 6.45) is 2.22. The minimum atomic E-state index is -0.0707. The summed E-state index contributed by atoms with van der Waals surface area (Å²) in [6, 6.07) is 18.7. The van der Waals surface area contributed by atoms with Crippen molar-refractivity contribution in [3.8, 4) is 0 Å². The fourth-order valence-corrected chi connectivity index (χ4v) is 3.67. The number of carbonyl (C=O) groups is 1. The van der Waals surface area contributed by atoms with Crippen molar-refractivity contribution in [3.05, 3.63) is 71.3 Å². The van der Waals surface area contributed by atoms with Crippen LogP contribution in [0.15, 0.2) is 59.6 Å². The van der Waals surface area contributed by atoms with Crippen molar-refractivity contribution in [1.29, 1.82) is 0 Å². The number of likely N-dealkylation sites (tertiary alicyclic amines) is 1. The van der Waals surface area contributed by atoms with Gasteiger partial charge in [-0.25, -0.2) is 4.99 Å². The topological polar surface area (TPSA) is 68.8 Å². The number of benzene rings is 2. The second-order valence-corrected chi connectivity index (χ2v) is 7.65. The summed E-state index contributed by atoms with van der Waals surface area (Å²) in [5.74, 6) is 0.785. The van der Waals surface area contributed by atoms with Crippen LogP contribution in [0, 0.1) is 0 Å². The molecule has 0 atom stereocenters. The number of piperidine rings is 1. The summed E-state index contributed by atoms with van der Waals surface area (Å²) < 4.78 is 0. The quantitative estimate of drug-likeness (QED) is 0.289. The van der Waals surface area contributed by atoms with Crippen LogP contribution in [0.1, 0.15) is 41.3 Å². The molecule has 1 aliphatic heterocycles. The van der Waals surface area contributed by atoms with Crippen LogP contribution >= 0.6 is 24.0 Å². The van der Waals surface area contributed by atoms with E-state index >= 15 is 0 Å². The number of carbonyl (C=O) groups excluding carboxylic acids is 1. The predicted molar refractivity (Wildman–Crippen MR) is 138 cm³/mol. The van der Waals surface area contributed by atoms with E-state index in [2.05, 4.69) is 58.1 Å². The molecular weight excluding hydrogens is 501 g/mol. The summed E-state index contributed by atoms with van der Waals surface area (Å²) in [5.41, 5.74) is 3.12. The maximum Gasteiger partial charge on any atom is 0.251 e. The number of nitrogens with one attached hydrogen (secondary N) is 3. The molecular formula is C24H34IN5O. The van der Waals surface area contributed by atoms with E-state index < -0.39 is 0 Å². The highest BCUT2D eigenvalue weighted by molar-refractivity contribution is 14.0. The molecule has 1 amide bonds. The van der Waals surface area contributed by atoms with Gasteiger partial charge in [-0.05, 0) is 43.0 Å². The number of aliphatic imine (C=N–C) groups is 1. The van der Waals surface area contributed by atoms with Crippen LogP contribution < -0.4 is 16.0 Å². The number of hydrogen-bond acceptors (Lipinski definition) is 3. The summed E-state index contributed by atoms with van der Waals surface area (Å²) in [4.78, 5) is 18.9. The summed E-state index contributed by atoms with van der Waals surface area (Å²) in [5, 5.41) is 9.59. The normalized spacial score (nSPS) is 15.1. The van der Waals surface area contributed by atoms with Gasteiger partial charge in [0, 0.05) is 44.8 Å². The second-order valence-electron chi connectivity index (χ2n) is 7.65. The Kier molecular flexibility index (Phi) is 10.8. The van der Waals surface area contributed by atoms with Crippen LogP contribution in [-0.2, 0) is 13.1 Å². The SMILES string of the molecule is CCNC(=NCc1ccc(C(=O)NC)cc1)NC1CCN(Cc2ccccc2)CC1.I. The molecule has 3 rings (SSSR count). The van der Waals surface area contributed by atoms with Crippen molar-refractivity contribution in [1.82, 2.24) is 20.9 Å². The summed E-state index contributed by atoms with van der Waals surface area (Å²) in [7, 11) is 1.64. The van der Waals surface area contributed by atoms with Gasteiger partial charge in [0.05, 0.1) is 6.54 Å². The number of nitrogens with zero attached hydrogens (tertiary/aromatic N) is 2. The van der Waals surface area contributed by atoms with Gasteiger partial charge in [0.1, 0.15) is 0 Å². The molecule has 31 heavy (non-hydrogen) atoms. The molecule has 1 fully saturated rings. The zero-order chi connectivity index (χ0) is 21.2. The maximum absolute atomic E-state index is 11.7. The van der Waals surface area contributed by atoms with Crippen LogP contribution in [0.3, 0.4) is 0 Å². The van der Waals surface area contributed by atoms with E-state index in [-0.39, 0.29) is 29.9 Å². The van der Waals surface area contributed by atoms with E-state index in [1.54, 1.807) is 7.05 Å². The second kappa shape index (κ2) is 13.3. The van der Waals surface area contributed by atoms with Crippen molar-refractivity contribution in [2.45, 2.75) is 38.9 Å². The Morgan fingerprint density at radius 1 is 1.03 bits per heavy atom. The fourth-order valence-electron chi connectivity index (χ4n) is 3.67. The van der Waals surface area contributed by atoms with Gasteiger partial charge in [-0.15, -0.1) is 24.0 Å². The molecule has 1 heterocycles. The lowest BCUT2D eigenvalue weighted by Crippen LogP contribution is -2.48. The number of amides is 1. The van der Waals surface area contributed by atoms with Crippen molar-refractivity contribution < 1.29 is 4.79 Å². The van der Waals surface area contributed by atoms with Gasteiger partial charge < -0.3 is 16.0 Å². The van der Waals surface area contributed by atoms with Crippen molar-refractivity contribution in [3.63, 3.8) is 0 Å². The highest BCUT2D eigenvalue weighted by Gasteiger charge is 2.20. The molecule has 0 radical (unpaired) electrons. The Morgan fingerprint density at radius 3 is 2.32 bits per heavy atom. The Bertz CT molecular complexity index is 818. The van der Waals surface area contributed by atoms with Gasteiger partial charge in [-0.1, -0.05) is 42.5 Å². The minimum Gasteiger partial charge on any atom is -0.357 e. The zero-order valence-electron chi connectivity index (χ0n) is 18.4. The monoisotopic (exact) mass is 535 g/mol. The molecule has 1 saturated heterocycles. The molecule has 2 aromatic carbocycles. The van der Waals surface area contributed by atoms with Crippen LogP contribution in [-0.4, -0.2) is 49.5 Å². The molecule has 0 bridgehead atoms. The molecule has 0 saturated carbocycles. The first kappa shape index (κ1) is 25.1. The molecule has 6 nitrogen and oxygen atoms in total. The average molecular weight is 535 g/mol. The van der Waals surface area contributed by atoms with Crippen LogP contribution in [0.5, 0.6) is 0 Å². The summed E-state index contributed by atoms with van der Waals surface area (Å²) >= 11 is 0. The first-order chi connectivity index (χ1) is 14.7. The van der Waals surface area contributed by atoms with Gasteiger partial charge in [-0.2, -0.15) is 0 Å². The summed E-state index contributed by atoms with van der Waals surface area (Å²) in [6.45, 7) is 6.69. The highest BCUT2D eigenvalue weighted by atomic mass is 127. The predicted octanol–water partition coefficient (Wildman–Crippen LogP) is 3.38. The van der Waals surface area contributed by atoms with Crippen LogP contribution in [0.2, 0.25) is 0 Å². The van der Waals surface area contributed by atoms with Gasteiger partial charge in [0.25, 0.3) is 5.91 Å². The Labute approximate surface area is 202 Å². The molecule has 0 aliphatic carbocycles. The Hall–Kier alpha value is -2.13. The average Bonchev–Trinajstić information content (AvgIpc) is 2.79. The lowest BCUT2D eigenvalue weighted by atomic mass is 10.0. The lowest BCUT2D eigenvalue weighted by Gasteiger charge is -2.33. The molecule has 2 aromatic rings. The van der Waals surface area contributed by atoms with E-state index in [9.17, 15) is 4.79 Å². The first-order valence-corrected chi connectivity index (χ1v) is 10.8. The van der Waals surface area contributed by atoms with Crippen LogP contribution in [0.25, 0.3) is 0 Å². The number of guanidine groups is 1. The van der Waals surface area contributed by atoms with E-state index in [0.29, 0.717) is 18.2 Å². The molecule has 0 unspecified atom stereocenters. The molecule has 0 spiro atoms. The Balaban J connectivity index is 0.00000341. The molecule has 3 N–H and O–H groups in total. The van der Waals surface area contributed by atoms with Gasteiger partial charge >= 0.3 is 0 Å². The first-order valence-electron chi connectivity index (χ1n) is 10.8. The van der Waals surface area contributed by atoms with E-state index in [1.165, 1.54) is 5.56 Å². The van der Waals surface area contributed by atoms with Gasteiger partial charge in [0.15, 0.2) is 5.96 Å². The van der Waals surface area contributed by atoms with Crippen molar-refractivity contribution in [2.24, 2.45) is 4.99 Å². The Morgan fingerprint density at radius 2 is 1.71 bits per heavy atom. The van der Waals surface area contributed by atoms with Crippen LogP contribution in [0.4, 0.5) is 0 Å². The number of halogens is 1. The van der Waals surface area contributed by atoms with Gasteiger partial charge in [0.2, 0.25) is 0 Å². The zero-order valence-corrected chi connectivity index (χ0v) is 20.8. The smallest absolute Gasteiger partial charge is 0.251 e. The molecule has 7 heteroatoms.